The van der Waals surface area contributed by atoms with E-state index in [4.69, 9.17) is 19.4 Å². The molecular weight excluding hydrogens is 709 g/mol. The molecule has 9 aromatic carbocycles. The fourth-order valence-corrected chi connectivity index (χ4v) is 8.75. The Kier molecular flexibility index (Phi) is 7.16. The number of hydrogen-bond acceptors (Lipinski definition) is 4. The monoisotopic (exact) mass is 740 g/mol. The Hall–Kier alpha value is -7.89. The van der Waals surface area contributed by atoms with Crippen molar-refractivity contribution in [3.8, 4) is 51.0 Å². The zero-order valence-electron chi connectivity index (χ0n) is 31.2. The molecule has 12 rings (SSSR count). The van der Waals surface area contributed by atoms with Gasteiger partial charge in [-0.15, -0.1) is 0 Å². The van der Waals surface area contributed by atoms with Crippen molar-refractivity contribution in [2.24, 2.45) is 0 Å². The molecule has 0 atom stereocenters. The predicted molar refractivity (Wildman–Crippen MR) is 238 cm³/mol. The number of fused-ring (bicyclic) bond motifs is 9. The van der Waals surface area contributed by atoms with Crippen molar-refractivity contribution in [1.29, 1.82) is 0 Å². The van der Waals surface area contributed by atoms with Crippen LogP contribution in [0.5, 0.6) is 0 Å². The minimum Gasteiger partial charge on any atom is -0.456 e. The molecule has 3 heterocycles. The largest absolute Gasteiger partial charge is 0.456 e. The smallest absolute Gasteiger partial charge is 0.164 e. The third-order valence-electron chi connectivity index (χ3n) is 11.4. The second kappa shape index (κ2) is 12.8. The SMILES string of the molecule is c1ccc(-c2nc(-c3ccccc3)nc(-c3cc(-n4c5cccc(-c6ccc7ccccc7c6)c5c5ccc6ccccc6c54)c4c(c3)oc3ccccc34)n2)cc1. The van der Waals surface area contributed by atoms with Crippen LogP contribution in [-0.4, -0.2) is 19.5 Å². The van der Waals surface area contributed by atoms with Crippen molar-refractivity contribution >= 4 is 65.3 Å². The highest BCUT2D eigenvalue weighted by Crippen LogP contribution is 2.45. The minimum atomic E-state index is 0.568. The lowest BCUT2D eigenvalue weighted by Gasteiger charge is -2.14. The predicted octanol–water partition coefficient (Wildman–Crippen LogP) is 13.8. The summed E-state index contributed by atoms with van der Waals surface area (Å²) in [5, 5.41) is 9.24. The van der Waals surface area contributed by atoms with Crippen molar-refractivity contribution in [3.63, 3.8) is 0 Å². The summed E-state index contributed by atoms with van der Waals surface area (Å²) >= 11 is 0. The van der Waals surface area contributed by atoms with Gasteiger partial charge in [0, 0.05) is 38.2 Å². The number of hydrogen-bond donors (Lipinski definition) is 0. The molecular formula is C53H32N4O. The number of rotatable bonds is 5. The molecule has 5 nitrogen and oxygen atoms in total. The normalized spacial score (nSPS) is 11.8. The van der Waals surface area contributed by atoms with Crippen molar-refractivity contribution in [3.05, 3.63) is 194 Å². The highest BCUT2D eigenvalue weighted by Gasteiger charge is 2.24. The Morgan fingerprint density at radius 3 is 1.74 bits per heavy atom. The van der Waals surface area contributed by atoms with Gasteiger partial charge in [-0.3, -0.25) is 0 Å². The van der Waals surface area contributed by atoms with Crippen LogP contribution in [0.1, 0.15) is 0 Å². The first kappa shape index (κ1) is 32.4. The Morgan fingerprint density at radius 2 is 0.983 bits per heavy atom. The summed E-state index contributed by atoms with van der Waals surface area (Å²) in [6.45, 7) is 0. The highest BCUT2D eigenvalue weighted by atomic mass is 16.3. The van der Waals surface area contributed by atoms with Crippen molar-refractivity contribution in [2.75, 3.05) is 0 Å². The fraction of sp³-hybridized carbons (Fsp3) is 0. The van der Waals surface area contributed by atoms with E-state index in [1.807, 2.05) is 72.8 Å². The van der Waals surface area contributed by atoms with Gasteiger partial charge < -0.3 is 8.98 Å². The van der Waals surface area contributed by atoms with Crippen LogP contribution < -0.4 is 0 Å². The van der Waals surface area contributed by atoms with Crippen LogP contribution in [0.25, 0.3) is 116 Å². The summed E-state index contributed by atoms with van der Waals surface area (Å²) in [4.78, 5) is 15.3. The van der Waals surface area contributed by atoms with Crippen LogP contribution in [0.3, 0.4) is 0 Å². The molecule has 0 unspecified atom stereocenters. The molecule has 270 valence electrons. The van der Waals surface area contributed by atoms with E-state index < -0.39 is 0 Å². The molecule has 12 aromatic rings. The van der Waals surface area contributed by atoms with Gasteiger partial charge in [0.1, 0.15) is 11.2 Å². The van der Waals surface area contributed by atoms with Crippen LogP contribution in [0.2, 0.25) is 0 Å². The summed E-state index contributed by atoms with van der Waals surface area (Å²) in [7, 11) is 0. The van der Waals surface area contributed by atoms with Gasteiger partial charge in [-0.2, -0.15) is 0 Å². The summed E-state index contributed by atoms with van der Waals surface area (Å²) in [6, 6.07) is 68.1. The maximum absolute atomic E-state index is 6.74. The van der Waals surface area contributed by atoms with Gasteiger partial charge in [0.2, 0.25) is 0 Å². The molecule has 58 heavy (non-hydrogen) atoms. The minimum absolute atomic E-state index is 0.568. The summed E-state index contributed by atoms with van der Waals surface area (Å²) in [5.74, 6) is 1.79. The van der Waals surface area contributed by atoms with Crippen LogP contribution >= 0.6 is 0 Å². The quantitative estimate of drug-likeness (QED) is 0.176. The Bertz CT molecular complexity index is 3510. The fourth-order valence-electron chi connectivity index (χ4n) is 8.75. The van der Waals surface area contributed by atoms with Crippen molar-refractivity contribution < 1.29 is 4.42 Å². The number of aromatic nitrogens is 4. The number of furan rings is 1. The number of nitrogens with zero attached hydrogens (tertiary/aromatic N) is 4. The molecule has 0 aliphatic rings. The van der Waals surface area contributed by atoms with Crippen molar-refractivity contribution in [1.82, 2.24) is 19.5 Å². The second-order valence-electron chi connectivity index (χ2n) is 14.8. The standard InChI is InChI=1S/C53H32N4O/c1-3-16-35(17-4-1)51-54-52(36-18-5-2-6-19-36)56-53(55-51)39-31-45(49-42-22-11-12-25-46(42)58-47(49)32-39)57-44-24-13-23-40(38-27-26-33-14-7-8-20-37(33)30-38)48(44)43-29-28-34-15-9-10-21-41(34)50(43)57/h1-32H. The molecule has 0 aliphatic carbocycles. The third kappa shape index (κ3) is 5.07. The van der Waals surface area contributed by atoms with Crippen LogP contribution in [0.4, 0.5) is 0 Å². The van der Waals surface area contributed by atoms with Gasteiger partial charge in [-0.05, 0) is 57.6 Å². The Balaban J connectivity index is 1.21. The maximum Gasteiger partial charge on any atom is 0.164 e. The zero-order valence-corrected chi connectivity index (χ0v) is 31.2. The molecule has 0 fully saturated rings. The Labute approximate surface area is 333 Å². The summed E-state index contributed by atoms with van der Waals surface area (Å²) in [5.41, 5.74) is 9.85. The molecule has 0 radical (unpaired) electrons. The van der Waals surface area contributed by atoms with E-state index in [0.717, 1.165) is 55.3 Å². The van der Waals surface area contributed by atoms with Crippen molar-refractivity contribution in [2.45, 2.75) is 0 Å². The number of para-hydroxylation sites is 1. The van der Waals surface area contributed by atoms with Gasteiger partial charge in [0.25, 0.3) is 0 Å². The average molecular weight is 741 g/mol. The van der Waals surface area contributed by atoms with E-state index in [2.05, 4.69) is 126 Å². The first-order chi connectivity index (χ1) is 28.7. The zero-order chi connectivity index (χ0) is 38.2. The van der Waals surface area contributed by atoms with Crippen LogP contribution in [0, 0.1) is 0 Å². The van der Waals surface area contributed by atoms with Gasteiger partial charge in [-0.25, -0.2) is 15.0 Å². The van der Waals surface area contributed by atoms with Gasteiger partial charge in [0.05, 0.1) is 22.1 Å². The molecule has 0 amide bonds. The molecule has 0 spiro atoms. The lowest BCUT2D eigenvalue weighted by molar-refractivity contribution is 0.669. The van der Waals surface area contributed by atoms with Gasteiger partial charge in [0.15, 0.2) is 17.5 Å². The van der Waals surface area contributed by atoms with E-state index in [-0.39, 0.29) is 0 Å². The topological polar surface area (TPSA) is 56.7 Å². The molecule has 0 saturated carbocycles. The molecule has 0 saturated heterocycles. The molecule has 0 aliphatic heterocycles. The van der Waals surface area contributed by atoms with Gasteiger partial charge >= 0.3 is 0 Å². The van der Waals surface area contributed by atoms with E-state index >= 15 is 0 Å². The van der Waals surface area contributed by atoms with E-state index in [1.165, 1.54) is 43.4 Å². The molecule has 0 N–H and O–H groups in total. The second-order valence-corrected chi connectivity index (χ2v) is 14.8. The first-order valence-corrected chi connectivity index (χ1v) is 19.5. The van der Waals surface area contributed by atoms with E-state index in [0.29, 0.717) is 17.5 Å². The van der Waals surface area contributed by atoms with Gasteiger partial charge in [-0.1, -0.05) is 164 Å². The molecule has 5 heteroatoms. The summed E-state index contributed by atoms with van der Waals surface area (Å²) < 4.78 is 9.19. The molecule has 3 aromatic heterocycles. The summed E-state index contributed by atoms with van der Waals surface area (Å²) in [6.07, 6.45) is 0. The van der Waals surface area contributed by atoms with Crippen LogP contribution in [0.15, 0.2) is 199 Å². The van der Waals surface area contributed by atoms with Crippen LogP contribution in [-0.2, 0) is 0 Å². The molecule has 0 bridgehead atoms. The third-order valence-corrected chi connectivity index (χ3v) is 11.4. The number of benzene rings is 9. The lowest BCUT2D eigenvalue weighted by atomic mass is 9.96. The lowest BCUT2D eigenvalue weighted by Crippen LogP contribution is -2.01. The first-order valence-electron chi connectivity index (χ1n) is 19.5. The Morgan fingerprint density at radius 1 is 0.362 bits per heavy atom. The average Bonchev–Trinajstić information content (AvgIpc) is 3.85. The maximum atomic E-state index is 6.74. The van der Waals surface area contributed by atoms with E-state index in [1.54, 1.807) is 0 Å². The van der Waals surface area contributed by atoms with E-state index in [9.17, 15) is 0 Å². The highest BCUT2D eigenvalue weighted by molar-refractivity contribution is 6.24.